The number of halogens is 1. The molecule has 3 N–H and O–H groups in total. The lowest BCUT2D eigenvalue weighted by Crippen LogP contribution is -2.31. The van der Waals surface area contributed by atoms with Gasteiger partial charge in [-0.3, -0.25) is 4.79 Å². The zero-order chi connectivity index (χ0) is 17.7. The molecule has 2 aromatic rings. The molecule has 0 saturated carbocycles. The second-order valence-electron chi connectivity index (χ2n) is 5.58. The van der Waals surface area contributed by atoms with Crippen LogP contribution in [-0.4, -0.2) is 27.1 Å². The maximum Gasteiger partial charge on any atom is 0.222 e. The van der Waals surface area contributed by atoms with Crippen LogP contribution in [-0.2, 0) is 21.1 Å². The molecule has 0 radical (unpaired) electrons. The molecule has 128 valence electrons. The normalized spacial score (nSPS) is 12.6. The summed E-state index contributed by atoms with van der Waals surface area (Å²) in [6, 6.07) is 12.3. The van der Waals surface area contributed by atoms with E-state index in [-0.39, 0.29) is 17.3 Å². The van der Waals surface area contributed by atoms with Crippen molar-refractivity contribution in [2.75, 3.05) is 18.1 Å². The van der Waals surface area contributed by atoms with E-state index in [9.17, 15) is 17.6 Å². The number of nitrogens with two attached hydrogens (primary N) is 1. The van der Waals surface area contributed by atoms with Crippen LogP contribution in [0, 0.1) is 11.7 Å². The van der Waals surface area contributed by atoms with Crippen LogP contribution in [0.25, 0.3) is 0 Å². The number of primary amides is 1. The molecule has 24 heavy (non-hydrogen) atoms. The fourth-order valence-corrected chi connectivity index (χ4v) is 3.21. The van der Waals surface area contributed by atoms with Crippen molar-refractivity contribution >= 4 is 21.4 Å². The summed E-state index contributed by atoms with van der Waals surface area (Å²) in [5.41, 5.74) is 6.63. The topological polar surface area (TPSA) is 89.3 Å². The molecule has 0 aliphatic heterocycles. The molecular weight excluding hydrogens is 331 g/mol. The number of carbonyl (C=O) groups excluding carboxylic acids is 1. The molecule has 5 nitrogen and oxygen atoms in total. The second-order valence-corrected chi connectivity index (χ2v) is 7.56. The van der Waals surface area contributed by atoms with Crippen LogP contribution in [0.15, 0.2) is 53.4 Å². The summed E-state index contributed by atoms with van der Waals surface area (Å²) in [4.78, 5) is 11.8. The van der Waals surface area contributed by atoms with Crippen molar-refractivity contribution in [3.8, 4) is 0 Å². The Kier molecular flexibility index (Phi) is 5.56. The number of nitrogens with one attached hydrogen (secondary N) is 1. The molecule has 0 spiro atoms. The summed E-state index contributed by atoms with van der Waals surface area (Å²) in [6.45, 7) is 0.180. The molecule has 0 aliphatic rings. The molecular formula is C17H19FN2O3S. The molecule has 2 rings (SSSR count). The van der Waals surface area contributed by atoms with Gasteiger partial charge in [-0.2, -0.15) is 0 Å². The average Bonchev–Trinajstić information content (AvgIpc) is 2.52. The quantitative estimate of drug-likeness (QED) is 0.799. The van der Waals surface area contributed by atoms with Gasteiger partial charge in [-0.05, 0) is 36.2 Å². The van der Waals surface area contributed by atoms with E-state index < -0.39 is 21.7 Å². The Morgan fingerprint density at radius 3 is 2.38 bits per heavy atom. The Balaban J connectivity index is 2.13. The van der Waals surface area contributed by atoms with Gasteiger partial charge < -0.3 is 11.1 Å². The van der Waals surface area contributed by atoms with Crippen LogP contribution >= 0.6 is 0 Å². The Hall–Kier alpha value is -2.41. The van der Waals surface area contributed by atoms with Crippen molar-refractivity contribution < 1.29 is 17.6 Å². The Morgan fingerprint density at radius 1 is 1.17 bits per heavy atom. The van der Waals surface area contributed by atoms with Crippen molar-refractivity contribution in [1.29, 1.82) is 0 Å². The highest BCUT2D eigenvalue weighted by Crippen LogP contribution is 2.21. The molecule has 7 heteroatoms. The third-order valence-corrected chi connectivity index (χ3v) is 4.78. The maximum atomic E-state index is 12.9. The number of hydrogen-bond donors (Lipinski definition) is 2. The van der Waals surface area contributed by atoms with Crippen LogP contribution < -0.4 is 11.1 Å². The van der Waals surface area contributed by atoms with Crippen molar-refractivity contribution in [3.63, 3.8) is 0 Å². The molecule has 0 bridgehead atoms. The van der Waals surface area contributed by atoms with Gasteiger partial charge in [-0.15, -0.1) is 0 Å². The monoisotopic (exact) mass is 350 g/mol. The molecule has 0 aliphatic carbocycles. The van der Waals surface area contributed by atoms with Gasteiger partial charge in [0, 0.05) is 12.8 Å². The fourth-order valence-electron chi connectivity index (χ4n) is 2.35. The fraction of sp³-hybridized carbons (Fsp3) is 0.235. The van der Waals surface area contributed by atoms with Crippen molar-refractivity contribution in [2.24, 2.45) is 11.7 Å². The van der Waals surface area contributed by atoms with Gasteiger partial charge in [0.1, 0.15) is 5.82 Å². The number of amides is 1. The van der Waals surface area contributed by atoms with E-state index in [4.69, 9.17) is 5.73 Å². The number of carbonyl (C=O) groups is 1. The second kappa shape index (κ2) is 7.44. The summed E-state index contributed by atoms with van der Waals surface area (Å²) in [7, 11) is -3.39. The van der Waals surface area contributed by atoms with Crippen molar-refractivity contribution in [2.45, 2.75) is 11.3 Å². The average molecular weight is 350 g/mol. The number of anilines is 1. The van der Waals surface area contributed by atoms with E-state index in [1.54, 1.807) is 30.3 Å². The summed E-state index contributed by atoms with van der Waals surface area (Å²) >= 11 is 0. The highest BCUT2D eigenvalue weighted by Gasteiger charge is 2.18. The zero-order valence-corrected chi connectivity index (χ0v) is 14.0. The SMILES string of the molecule is CS(=O)(=O)c1ccccc1NCC(Cc1ccc(F)cc1)C(N)=O. The lowest BCUT2D eigenvalue weighted by Gasteiger charge is -2.17. The first-order valence-corrected chi connectivity index (χ1v) is 9.23. The number of hydrogen-bond acceptors (Lipinski definition) is 4. The van der Waals surface area contributed by atoms with Crippen molar-refractivity contribution in [1.82, 2.24) is 0 Å². The van der Waals surface area contributed by atoms with E-state index in [2.05, 4.69) is 5.32 Å². The van der Waals surface area contributed by atoms with Crippen molar-refractivity contribution in [3.05, 3.63) is 59.9 Å². The van der Waals surface area contributed by atoms with Gasteiger partial charge in [0.25, 0.3) is 0 Å². The Labute approximate surface area is 140 Å². The van der Waals surface area contributed by atoms with E-state index in [1.165, 1.54) is 18.2 Å². The Bertz CT molecular complexity index is 820. The van der Waals surface area contributed by atoms with Crippen LogP contribution in [0.2, 0.25) is 0 Å². The van der Waals surface area contributed by atoms with E-state index in [1.807, 2.05) is 0 Å². The molecule has 1 atom stereocenters. The maximum absolute atomic E-state index is 12.9. The van der Waals surface area contributed by atoms with E-state index in [0.717, 1.165) is 11.8 Å². The number of para-hydroxylation sites is 1. The number of benzene rings is 2. The van der Waals surface area contributed by atoms with Gasteiger partial charge in [-0.25, -0.2) is 12.8 Å². The molecule has 0 saturated heterocycles. The Morgan fingerprint density at radius 2 is 1.79 bits per heavy atom. The molecule has 0 aromatic heterocycles. The number of sulfone groups is 1. The highest BCUT2D eigenvalue weighted by atomic mass is 32.2. The first kappa shape index (κ1) is 17.9. The van der Waals surface area contributed by atoms with Gasteiger partial charge in [-0.1, -0.05) is 24.3 Å². The molecule has 1 unspecified atom stereocenters. The van der Waals surface area contributed by atoms with Crippen LogP contribution in [0.3, 0.4) is 0 Å². The molecule has 1 amide bonds. The number of rotatable bonds is 7. The van der Waals surface area contributed by atoms with Gasteiger partial charge in [0.05, 0.1) is 16.5 Å². The molecule has 0 heterocycles. The van der Waals surface area contributed by atoms with E-state index in [0.29, 0.717) is 12.1 Å². The predicted molar refractivity (Wildman–Crippen MR) is 90.8 cm³/mol. The third kappa shape index (κ3) is 4.79. The largest absolute Gasteiger partial charge is 0.383 e. The lowest BCUT2D eigenvalue weighted by atomic mass is 9.98. The summed E-state index contributed by atoms with van der Waals surface area (Å²) in [5, 5.41) is 2.98. The first-order valence-electron chi connectivity index (χ1n) is 7.34. The van der Waals surface area contributed by atoms with Gasteiger partial charge in [0.15, 0.2) is 9.84 Å². The lowest BCUT2D eigenvalue weighted by molar-refractivity contribution is -0.121. The smallest absolute Gasteiger partial charge is 0.222 e. The summed E-state index contributed by atoms with van der Waals surface area (Å²) in [6.07, 6.45) is 1.46. The highest BCUT2D eigenvalue weighted by molar-refractivity contribution is 7.90. The first-order chi connectivity index (χ1) is 11.3. The molecule has 2 aromatic carbocycles. The minimum Gasteiger partial charge on any atom is -0.383 e. The summed E-state index contributed by atoms with van der Waals surface area (Å²) < 4.78 is 36.5. The van der Waals surface area contributed by atoms with Gasteiger partial charge in [0.2, 0.25) is 5.91 Å². The van der Waals surface area contributed by atoms with E-state index >= 15 is 0 Å². The zero-order valence-electron chi connectivity index (χ0n) is 13.2. The predicted octanol–water partition coefficient (Wildman–Crippen LogP) is 1.99. The standard InChI is InChI=1S/C17H19FN2O3S/c1-24(22,23)16-5-3-2-4-15(16)20-11-13(17(19)21)10-12-6-8-14(18)9-7-12/h2-9,13,20H,10-11H2,1H3,(H2,19,21). The minimum atomic E-state index is -3.39. The van der Waals surface area contributed by atoms with Crippen LogP contribution in [0.5, 0.6) is 0 Å². The third-order valence-electron chi connectivity index (χ3n) is 3.62. The molecule has 0 fully saturated rings. The van der Waals surface area contributed by atoms with Crippen LogP contribution in [0.1, 0.15) is 5.56 Å². The minimum absolute atomic E-state index is 0.162. The summed E-state index contributed by atoms with van der Waals surface area (Å²) in [5.74, 6) is -1.42. The van der Waals surface area contributed by atoms with Gasteiger partial charge >= 0.3 is 0 Å². The van der Waals surface area contributed by atoms with Crippen LogP contribution in [0.4, 0.5) is 10.1 Å².